The number of para-hydroxylation sites is 6. The normalized spacial score (nSPS) is 17.5. The van der Waals surface area contributed by atoms with Crippen LogP contribution in [0.4, 0.5) is 34.1 Å². The van der Waals surface area contributed by atoms with Gasteiger partial charge in [0.2, 0.25) is 0 Å². The van der Waals surface area contributed by atoms with Crippen molar-refractivity contribution in [3.63, 3.8) is 0 Å². The van der Waals surface area contributed by atoms with Gasteiger partial charge in [-0.3, -0.25) is 13.9 Å². The van der Waals surface area contributed by atoms with Crippen molar-refractivity contribution in [2.24, 2.45) is 0 Å². The van der Waals surface area contributed by atoms with Gasteiger partial charge in [0, 0.05) is 30.8 Å². The molecule has 2 aliphatic rings. The predicted molar refractivity (Wildman–Crippen MR) is 217 cm³/mol. The lowest BCUT2D eigenvalue weighted by Crippen LogP contribution is -2.30. The van der Waals surface area contributed by atoms with Gasteiger partial charge >= 0.3 is 7.44 Å². The maximum absolute atomic E-state index is 16.2. The topological polar surface area (TPSA) is 26.8 Å². The second kappa shape index (κ2) is 13.4. The molecule has 0 saturated carbocycles. The standard InChI is InChI=1S/C45H37N3OP2/c49-51(47(38-21-9-3-10-22-38)44-27-15-16-28-45(44)48(51)39-23-11-4-12-24-39)41-31-29-40(30-32-41)50-34-36(33-35-17-5-1-6-18-35)42-25-13-14-26-43(42)46(50)37-19-7-2-8-20-37/h1-32,36H,33-34H2. The number of anilines is 6. The first-order valence-electron chi connectivity index (χ1n) is 17.5. The fourth-order valence-electron chi connectivity index (χ4n) is 7.67. The van der Waals surface area contributed by atoms with E-state index in [0.29, 0.717) is 5.92 Å². The van der Waals surface area contributed by atoms with Gasteiger partial charge in [-0.15, -0.1) is 0 Å². The first kappa shape index (κ1) is 31.6. The van der Waals surface area contributed by atoms with Crippen LogP contribution in [0.25, 0.3) is 0 Å². The van der Waals surface area contributed by atoms with Gasteiger partial charge in [-0.2, -0.15) is 0 Å². The van der Waals surface area contributed by atoms with Gasteiger partial charge in [0.05, 0.1) is 16.7 Å². The molecule has 2 aliphatic heterocycles. The van der Waals surface area contributed by atoms with E-state index in [1.165, 1.54) is 27.8 Å². The molecule has 2 atom stereocenters. The molecular formula is C45H37N3OP2. The Morgan fingerprint density at radius 3 is 1.49 bits per heavy atom. The molecule has 7 aromatic rings. The van der Waals surface area contributed by atoms with Crippen LogP contribution in [0.3, 0.4) is 0 Å². The summed E-state index contributed by atoms with van der Waals surface area (Å²) in [6, 6.07) is 67.9. The maximum atomic E-state index is 16.2. The number of nitrogens with zero attached hydrogens (tertiary/aromatic N) is 3. The molecule has 0 amide bonds. The van der Waals surface area contributed by atoms with Crippen LogP contribution in [0.1, 0.15) is 17.0 Å². The fraction of sp³-hybridized carbons (Fsp3) is 0.0667. The number of benzene rings is 7. The smallest absolute Gasteiger partial charge is 0.301 e. The summed E-state index contributed by atoms with van der Waals surface area (Å²) in [5.74, 6) is 0.374. The summed E-state index contributed by atoms with van der Waals surface area (Å²) in [6.45, 7) is 0. The third kappa shape index (κ3) is 5.56. The van der Waals surface area contributed by atoms with Crippen LogP contribution in [-0.2, 0) is 11.0 Å². The van der Waals surface area contributed by atoms with Gasteiger partial charge in [-0.05, 0) is 102 Å². The fourth-order valence-corrected chi connectivity index (χ4v) is 13.4. The van der Waals surface area contributed by atoms with Crippen LogP contribution in [0, 0.1) is 0 Å². The number of fused-ring (bicyclic) bond motifs is 2. The minimum atomic E-state index is -3.45. The number of hydrogen-bond donors (Lipinski definition) is 0. The lowest BCUT2D eigenvalue weighted by molar-refractivity contribution is 0.582. The van der Waals surface area contributed by atoms with Crippen LogP contribution in [-0.4, -0.2) is 6.16 Å². The van der Waals surface area contributed by atoms with E-state index in [2.05, 4.69) is 160 Å². The van der Waals surface area contributed by atoms with Gasteiger partial charge in [-0.1, -0.05) is 127 Å². The van der Waals surface area contributed by atoms with E-state index in [4.69, 9.17) is 0 Å². The Bertz CT molecular complexity index is 2250. The molecule has 6 heteroatoms. The van der Waals surface area contributed by atoms with Crippen LogP contribution in [0.15, 0.2) is 194 Å². The van der Waals surface area contributed by atoms with Gasteiger partial charge in [0.15, 0.2) is 0 Å². The van der Waals surface area contributed by atoms with E-state index in [-0.39, 0.29) is 0 Å². The molecule has 0 N–H and O–H groups in total. The Kier molecular flexibility index (Phi) is 8.28. The Hall–Kier alpha value is -5.40. The summed E-state index contributed by atoms with van der Waals surface area (Å²) in [7, 11) is -4.26. The van der Waals surface area contributed by atoms with Crippen LogP contribution >= 0.6 is 15.5 Å². The van der Waals surface area contributed by atoms with Gasteiger partial charge < -0.3 is 4.67 Å². The molecule has 0 aliphatic carbocycles. The highest BCUT2D eigenvalue weighted by molar-refractivity contribution is 7.76. The summed E-state index contributed by atoms with van der Waals surface area (Å²) < 4.78 is 22.9. The van der Waals surface area contributed by atoms with Crippen LogP contribution < -0.4 is 24.6 Å². The van der Waals surface area contributed by atoms with E-state index in [1.807, 2.05) is 48.5 Å². The van der Waals surface area contributed by atoms with Gasteiger partial charge in [0.25, 0.3) is 0 Å². The highest BCUT2D eigenvalue weighted by Crippen LogP contribution is 2.70. The van der Waals surface area contributed by atoms with E-state index < -0.39 is 15.5 Å². The Labute approximate surface area is 301 Å². The lowest BCUT2D eigenvalue weighted by Gasteiger charge is -2.43. The zero-order valence-corrected chi connectivity index (χ0v) is 29.9. The van der Waals surface area contributed by atoms with Crippen molar-refractivity contribution in [1.82, 2.24) is 0 Å². The number of rotatable bonds is 7. The minimum absolute atomic E-state index is 0.374. The zero-order chi connectivity index (χ0) is 34.2. The summed E-state index contributed by atoms with van der Waals surface area (Å²) in [6.07, 6.45) is 2.01. The molecule has 248 valence electrons. The summed E-state index contributed by atoms with van der Waals surface area (Å²) >= 11 is 0. The van der Waals surface area contributed by atoms with Crippen LogP contribution in [0.2, 0.25) is 0 Å². The maximum Gasteiger partial charge on any atom is 0.301 e. The second-order valence-electron chi connectivity index (χ2n) is 13.0. The molecular weight excluding hydrogens is 660 g/mol. The van der Waals surface area contributed by atoms with Gasteiger partial charge in [0.1, 0.15) is 0 Å². The lowest BCUT2D eigenvalue weighted by atomic mass is 9.92. The Morgan fingerprint density at radius 1 is 0.490 bits per heavy atom. The Balaban J connectivity index is 1.17. The van der Waals surface area contributed by atoms with E-state index >= 15 is 4.57 Å². The third-order valence-corrected chi connectivity index (χ3v) is 15.5. The monoisotopic (exact) mass is 697 g/mol. The molecule has 7 aromatic carbocycles. The zero-order valence-electron chi connectivity index (χ0n) is 28.1. The first-order chi connectivity index (χ1) is 25.2. The Morgan fingerprint density at radius 2 is 0.941 bits per heavy atom. The average molecular weight is 698 g/mol. The molecule has 2 unspecified atom stereocenters. The van der Waals surface area contributed by atoms with Crippen molar-refractivity contribution in [3.8, 4) is 0 Å². The summed E-state index contributed by atoms with van der Waals surface area (Å²) in [5, 5.41) is 2.07. The first-order valence-corrected chi connectivity index (χ1v) is 20.6. The molecule has 0 spiro atoms. The largest absolute Gasteiger partial charge is 0.315 e. The third-order valence-electron chi connectivity index (χ3n) is 9.93. The van der Waals surface area contributed by atoms with Gasteiger partial charge in [-0.25, -0.2) is 0 Å². The van der Waals surface area contributed by atoms with Crippen molar-refractivity contribution in [1.29, 1.82) is 0 Å². The number of hydrogen-bond acceptors (Lipinski definition) is 2. The average Bonchev–Trinajstić information content (AvgIpc) is 3.48. The van der Waals surface area contributed by atoms with E-state index in [0.717, 1.165) is 40.6 Å². The highest BCUT2D eigenvalue weighted by Gasteiger charge is 2.49. The molecule has 0 bridgehead atoms. The van der Waals surface area contributed by atoms with Crippen molar-refractivity contribution in [3.05, 3.63) is 205 Å². The molecule has 4 nitrogen and oxygen atoms in total. The van der Waals surface area contributed by atoms with Crippen molar-refractivity contribution in [2.45, 2.75) is 12.3 Å². The van der Waals surface area contributed by atoms with E-state index in [9.17, 15) is 0 Å². The SMILES string of the molecule is O=P1(c2ccc(P3CC(Cc4ccccc4)c4ccccc4N3c3ccccc3)cc2)N(c2ccccc2)c2ccccc2N1c1ccccc1. The van der Waals surface area contributed by atoms with Crippen molar-refractivity contribution >= 4 is 60.2 Å². The van der Waals surface area contributed by atoms with Crippen molar-refractivity contribution in [2.75, 3.05) is 20.2 Å². The molecule has 9 rings (SSSR count). The van der Waals surface area contributed by atoms with E-state index in [1.54, 1.807) is 0 Å². The second-order valence-corrected chi connectivity index (χ2v) is 17.5. The molecule has 0 fully saturated rings. The predicted octanol–water partition coefficient (Wildman–Crippen LogP) is 11.7. The summed E-state index contributed by atoms with van der Waals surface area (Å²) in [4.78, 5) is 0. The molecule has 0 saturated heterocycles. The van der Waals surface area contributed by atoms with Crippen molar-refractivity contribution < 1.29 is 4.57 Å². The summed E-state index contributed by atoms with van der Waals surface area (Å²) in [5.41, 5.74) is 8.91. The quantitative estimate of drug-likeness (QED) is 0.155. The molecule has 0 aromatic heterocycles. The van der Waals surface area contributed by atoms with Crippen LogP contribution in [0.5, 0.6) is 0 Å². The minimum Gasteiger partial charge on any atom is -0.315 e. The highest BCUT2D eigenvalue weighted by atomic mass is 31.2. The molecule has 2 heterocycles. The molecule has 51 heavy (non-hydrogen) atoms. The molecule has 0 radical (unpaired) electrons.